The summed E-state index contributed by atoms with van der Waals surface area (Å²) in [4.78, 5) is 0. The fraction of sp³-hybridized carbons (Fsp3) is 0. The highest BCUT2D eigenvalue weighted by Crippen LogP contribution is 2.10. The zero-order valence-electron chi connectivity index (χ0n) is 7.38. The molecule has 4 heteroatoms. The van der Waals surface area contributed by atoms with Gasteiger partial charge >= 0.3 is 0 Å². The predicted octanol–water partition coefficient (Wildman–Crippen LogP) is 1.33. The van der Waals surface area contributed by atoms with Crippen molar-refractivity contribution in [3.05, 3.63) is 42.1 Å². The third kappa shape index (κ3) is 1.43. The third-order valence-corrected chi connectivity index (χ3v) is 1.85. The van der Waals surface area contributed by atoms with Crippen molar-refractivity contribution >= 4 is 5.82 Å². The topological polar surface area (TPSA) is 67.6 Å². The Morgan fingerprint density at radius 1 is 1.36 bits per heavy atom. The van der Waals surface area contributed by atoms with Crippen molar-refractivity contribution in [3.8, 4) is 11.8 Å². The van der Waals surface area contributed by atoms with Crippen molar-refractivity contribution in [3.63, 3.8) is 0 Å². The highest BCUT2D eigenvalue weighted by molar-refractivity contribution is 5.41. The van der Waals surface area contributed by atoms with E-state index in [-0.39, 0.29) is 0 Å². The van der Waals surface area contributed by atoms with Gasteiger partial charge in [0.1, 0.15) is 5.82 Å². The molecule has 4 nitrogen and oxygen atoms in total. The lowest BCUT2D eigenvalue weighted by atomic mass is 10.2. The molecule has 2 aromatic rings. The van der Waals surface area contributed by atoms with Crippen molar-refractivity contribution < 1.29 is 0 Å². The molecule has 0 fully saturated rings. The van der Waals surface area contributed by atoms with E-state index >= 15 is 0 Å². The maximum absolute atomic E-state index is 8.71. The first-order valence-corrected chi connectivity index (χ1v) is 4.11. The number of nitriles is 1. The van der Waals surface area contributed by atoms with Gasteiger partial charge < -0.3 is 5.73 Å². The number of anilines is 1. The normalized spacial score (nSPS) is 9.64. The third-order valence-electron chi connectivity index (χ3n) is 1.85. The number of rotatable bonds is 1. The number of hydrogen-bond donors (Lipinski definition) is 1. The van der Waals surface area contributed by atoms with Gasteiger partial charge in [-0.05, 0) is 18.2 Å². The maximum atomic E-state index is 8.71. The monoisotopic (exact) mass is 184 g/mol. The number of aromatic nitrogens is 2. The molecule has 1 aromatic heterocycles. The number of nitrogens with two attached hydrogens (primary N) is 1. The molecule has 0 aliphatic carbocycles. The van der Waals surface area contributed by atoms with Gasteiger partial charge in [-0.25, -0.2) is 4.68 Å². The van der Waals surface area contributed by atoms with Crippen molar-refractivity contribution in [2.45, 2.75) is 0 Å². The quantitative estimate of drug-likeness (QED) is 0.726. The lowest BCUT2D eigenvalue weighted by Crippen LogP contribution is -1.96. The fourth-order valence-corrected chi connectivity index (χ4v) is 1.20. The van der Waals surface area contributed by atoms with Crippen LogP contribution >= 0.6 is 0 Å². The second-order valence-electron chi connectivity index (χ2n) is 2.85. The van der Waals surface area contributed by atoms with E-state index in [1.54, 1.807) is 29.1 Å². The summed E-state index contributed by atoms with van der Waals surface area (Å²) < 4.78 is 1.64. The van der Waals surface area contributed by atoms with Crippen molar-refractivity contribution in [2.75, 3.05) is 5.73 Å². The van der Waals surface area contributed by atoms with Crippen molar-refractivity contribution in [1.82, 2.24) is 9.78 Å². The molecule has 0 atom stereocenters. The second kappa shape index (κ2) is 3.23. The lowest BCUT2D eigenvalue weighted by molar-refractivity contribution is 0.885. The van der Waals surface area contributed by atoms with E-state index in [1.165, 1.54) is 0 Å². The van der Waals surface area contributed by atoms with Crippen LogP contribution in [-0.2, 0) is 0 Å². The van der Waals surface area contributed by atoms with Gasteiger partial charge in [0.15, 0.2) is 0 Å². The Kier molecular flexibility index (Phi) is 1.92. The molecule has 0 amide bonds. The van der Waals surface area contributed by atoms with Crippen LogP contribution in [0.1, 0.15) is 5.56 Å². The molecule has 1 heterocycles. The Morgan fingerprint density at radius 3 is 2.86 bits per heavy atom. The van der Waals surface area contributed by atoms with E-state index in [1.807, 2.05) is 12.1 Å². The van der Waals surface area contributed by atoms with Crippen LogP contribution in [0.15, 0.2) is 36.5 Å². The highest BCUT2D eigenvalue weighted by Gasteiger charge is 1.98. The smallest absolute Gasteiger partial charge is 0.145 e. The summed E-state index contributed by atoms with van der Waals surface area (Å²) in [6.45, 7) is 0. The minimum atomic E-state index is 0.465. The van der Waals surface area contributed by atoms with E-state index in [2.05, 4.69) is 11.2 Å². The fourth-order valence-electron chi connectivity index (χ4n) is 1.20. The van der Waals surface area contributed by atoms with Crippen LogP contribution in [-0.4, -0.2) is 9.78 Å². The molecule has 0 saturated heterocycles. The Labute approximate surface area is 81.2 Å². The van der Waals surface area contributed by atoms with Gasteiger partial charge in [-0.3, -0.25) is 0 Å². The minimum Gasteiger partial charge on any atom is -0.382 e. The van der Waals surface area contributed by atoms with E-state index < -0.39 is 0 Å². The van der Waals surface area contributed by atoms with Gasteiger partial charge in [-0.2, -0.15) is 10.4 Å². The number of nitrogen functional groups attached to an aromatic ring is 1. The Bertz CT molecular complexity index is 493. The lowest BCUT2D eigenvalue weighted by Gasteiger charge is -2.00. The summed E-state index contributed by atoms with van der Waals surface area (Å²) in [6, 6.07) is 11.0. The largest absolute Gasteiger partial charge is 0.382 e. The summed E-state index contributed by atoms with van der Waals surface area (Å²) in [7, 11) is 0. The molecule has 0 aliphatic heterocycles. The Balaban J connectivity index is 2.47. The zero-order valence-corrected chi connectivity index (χ0v) is 7.38. The average molecular weight is 184 g/mol. The molecule has 0 aliphatic rings. The highest BCUT2D eigenvalue weighted by atomic mass is 15.3. The van der Waals surface area contributed by atoms with Gasteiger partial charge in [-0.1, -0.05) is 6.07 Å². The van der Waals surface area contributed by atoms with Gasteiger partial charge in [0.05, 0.1) is 17.3 Å². The first-order valence-electron chi connectivity index (χ1n) is 4.11. The van der Waals surface area contributed by atoms with Crippen LogP contribution in [0.4, 0.5) is 5.82 Å². The summed E-state index contributed by atoms with van der Waals surface area (Å²) in [5.74, 6) is 0.465. The van der Waals surface area contributed by atoms with E-state index in [9.17, 15) is 0 Å². The van der Waals surface area contributed by atoms with Gasteiger partial charge in [0.25, 0.3) is 0 Å². The Hall–Kier alpha value is -2.28. The molecule has 0 bridgehead atoms. The SMILES string of the molecule is N#Cc1cccc(-n2ccc(N)n2)c1. The molecular weight excluding hydrogens is 176 g/mol. The summed E-state index contributed by atoms with van der Waals surface area (Å²) in [5.41, 5.74) is 6.93. The second-order valence-corrected chi connectivity index (χ2v) is 2.85. The molecule has 2 N–H and O–H groups in total. The standard InChI is InChI=1S/C10H8N4/c11-7-8-2-1-3-9(6-8)14-5-4-10(12)13-14/h1-6H,(H2,12,13). The van der Waals surface area contributed by atoms with E-state index in [0.717, 1.165) is 5.69 Å². The number of benzene rings is 1. The van der Waals surface area contributed by atoms with Crippen LogP contribution in [0.2, 0.25) is 0 Å². The first kappa shape index (κ1) is 8.32. The molecule has 68 valence electrons. The van der Waals surface area contributed by atoms with Crippen molar-refractivity contribution in [2.24, 2.45) is 0 Å². The van der Waals surface area contributed by atoms with Crippen molar-refractivity contribution in [1.29, 1.82) is 5.26 Å². The zero-order chi connectivity index (χ0) is 9.97. The summed E-state index contributed by atoms with van der Waals surface area (Å²) in [6.07, 6.45) is 1.76. The summed E-state index contributed by atoms with van der Waals surface area (Å²) in [5, 5.41) is 12.8. The molecule has 14 heavy (non-hydrogen) atoms. The van der Waals surface area contributed by atoms with Crippen LogP contribution in [0.3, 0.4) is 0 Å². The van der Waals surface area contributed by atoms with Gasteiger partial charge in [-0.15, -0.1) is 0 Å². The molecular formula is C10H8N4. The predicted molar refractivity (Wildman–Crippen MR) is 52.7 cm³/mol. The molecule has 0 unspecified atom stereocenters. The maximum Gasteiger partial charge on any atom is 0.145 e. The molecule has 2 rings (SSSR count). The van der Waals surface area contributed by atoms with Crippen LogP contribution in [0.25, 0.3) is 5.69 Å². The Morgan fingerprint density at radius 2 is 2.21 bits per heavy atom. The van der Waals surface area contributed by atoms with Crippen LogP contribution in [0, 0.1) is 11.3 Å². The average Bonchev–Trinajstić information content (AvgIpc) is 2.65. The minimum absolute atomic E-state index is 0.465. The molecule has 1 aromatic carbocycles. The first-order chi connectivity index (χ1) is 6.79. The number of nitrogens with zero attached hydrogens (tertiary/aromatic N) is 3. The van der Waals surface area contributed by atoms with Crippen LogP contribution < -0.4 is 5.73 Å². The number of hydrogen-bond acceptors (Lipinski definition) is 3. The van der Waals surface area contributed by atoms with Gasteiger partial charge in [0, 0.05) is 12.3 Å². The molecule has 0 saturated carbocycles. The van der Waals surface area contributed by atoms with E-state index in [0.29, 0.717) is 11.4 Å². The molecule has 0 spiro atoms. The van der Waals surface area contributed by atoms with Crippen LogP contribution in [0.5, 0.6) is 0 Å². The van der Waals surface area contributed by atoms with E-state index in [4.69, 9.17) is 11.0 Å². The molecule has 0 radical (unpaired) electrons. The summed E-state index contributed by atoms with van der Waals surface area (Å²) >= 11 is 0. The van der Waals surface area contributed by atoms with Gasteiger partial charge in [0.2, 0.25) is 0 Å².